The van der Waals surface area contributed by atoms with Crippen molar-refractivity contribution in [3.63, 3.8) is 0 Å². The number of benzene rings is 1. The molecule has 0 unspecified atom stereocenters. The summed E-state index contributed by atoms with van der Waals surface area (Å²) >= 11 is 0. The van der Waals surface area contributed by atoms with Gasteiger partial charge >= 0.3 is 0 Å². The Hall–Kier alpha value is -0.276. The fourth-order valence-corrected chi connectivity index (χ4v) is 0.742. The maximum absolute atomic E-state index is 10.2. The number of non-ortho nitro benzene ring substituents is 1. The van der Waals surface area contributed by atoms with E-state index in [9.17, 15) is 10.1 Å². The second kappa shape index (κ2) is 10.8. The van der Waals surface area contributed by atoms with Crippen LogP contribution < -0.4 is 0 Å². The quantitative estimate of drug-likeness (QED) is 0.446. The molecular formula is C10H16NO2Y-. The summed E-state index contributed by atoms with van der Waals surface area (Å²) in [5, 5.41) is 10.2. The molecule has 1 aromatic carbocycles. The van der Waals surface area contributed by atoms with E-state index in [-0.39, 0.29) is 45.8 Å². The molecular weight excluding hydrogens is 255 g/mol. The van der Waals surface area contributed by atoms with Crippen LogP contribution in [-0.4, -0.2) is 4.92 Å². The van der Waals surface area contributed by atoms with Gasteiger partial charge in [0.05, 0.1) is 4.92 Å². The van der Waals surface area contributed by atoms with Gasteiger partial charge in [-0.05, 0) is 12.5 Å². The monoisotopic (exact) mass is 271 g/mol. The molecule has 0 aliphatic rings. The van der Waals surface area contributed by atoms with Crippen LogP contribution >= 0.6 is 0 Å². The van der Waals surface area contributed by atoms with Gasteiger partial charge in [-0.3, -0.25) is 10.1 Å². The van der Waals surface area contributed by atoms with Crippen molar-refractivity contribution in [3.05, 3.63) is 47.4 Å². The van der Waals surface area contributed by atoms with Gasteiger partial charge in [0.1, 0.15) is 0 Å². The van der Waals surface area contributed by atoms with Gasteiger partial charge in [-0.2, -0.15) is 0 Å². The predicted molar refractivity (Wildman–Crippen MR) is 55.6 cm³/mol. The minimum atomic E-state index is -0.396. The van der Waals surface area contributed by atoms with E-state index in [1.54, 1.807) is 12.1 Å². The van der Waals surface area contributed by atoms with Gasteiger partial charge in [0.25, 0.3) is 5.69 Å². The van der Waals surface area contributed by atoms with E-state index in [1.807, 2.05) is 26.8 Å². The van der Waals surface area contributed by atoms with Crippen molar-refractivity contribution in [1.29, 1.82) is 0 Å². The topological polar surface area (TPSA) is 43.1 Å². The molecule has 0 aromatic heterocycles. The van der Waals surface area contributed by atoms with Crippen LogP contribution in [0.15, 0.2) is 24.3 Å². The van der Waals surface area contributed by atoms with Gasteiger partial charge in [0, 0.05) is 44.8 Å². The molecule has 1 radical (unpaired) electrons. The van der Waals surface area contributed by atoms with Crippen LogP contribution in [0.4, 0.5) is 5.69 Å². The van der Waals surface area contributed by atoms with E-state index in [0.717, 1.165) is 5.56 Å². The Morgan fingerprint density at radius 3 is 2.07 bits per heavy atom. The predicted octanol–water partition coefficient (Wildman–Crippen LogP) is 3.38. The standard InChI is InChI=1S/C7H7NO2.C2H6.CH3.Y/c1-6-3-2-4-7(5-6)8(9)10;1-2;;/h2-5H,1H3;1-2H3;1H3;/q;;-1;. The average Bonchev–Trinajstić information content (AvgIpc) is 2.08. The van der Waals surface area contributed by atoms with E-state index < -0.39 is 4.92 Å². The molecule has 0 saturated heterocycles. The van der Waals surface area contributed by atoms with E-state index in [2.05, 4.69) is 0 Å². The van der Waals surface area contributed by atoms with Crippen LogP contribution in [0.5, 0.6) is 0 Å². The van der Waals surface area contributed by atoms with Crippen molar-refractivity contribution in [2.75, 3.05) is 0 Å². The summed E-state index contributed by atoms with van der Waals surface area (Å²) in [4.78, 5) is 9.76. The first kappa shape index (κ1) is 19.3. The molecule has 0 bridgehead atoms. The SMILES string of the molecule is CC.Cc1cccc([N+](=O)[O-])c1.[CH3-].[Y]. The van der Waals surface area contributed by atoms with Gasteiger partial charge in [0.2, 0.25) is 0 Å². The Morgan fingerprint density at radius 2 is 1.79 bits per heavy atom. The number of nitro groups is 1. The maximum Gasteiger partial charge on any atom is 0.269 e. The van der Waals surface area contributed by atoms with Crippen molar-refractivity contribution in [2.24, 2.45) is 0 Å². The summed E-state index contributed by atoms with van der Waals surface area (Å²) in [6, 6.07) is 6.52. The van der Waals surface area contributed by atoms with Gasteiger partial charge < -0.3 is 7.43 Å². The van der Waals surface area contributed by atoms with E-state index >= 15 is 0 Å². The molecule has 4 heteroatoms. The van der Waals surface area contributed by atoms with E-state index in [4.69, 9.17) is 0 Å². The van der Waals surface area contributed by atoms with Crippen molar-refractivity contribution in [3.8, 4) is 0 Å². The van der Waals surface area contributed by atoms with Crippen LogP contribution in [0.25, 0.3) is 0 Å². The second-order valence-corrected chi connectivity index (χ2v) is 2.10. The smallest absolute Gasteiger partial charge is 0.269 e. The van der Waals surface area contributed by atoms with Crippen LogP contribution in [0.1, 0.15) is 19.4 Å². The van der Waals surface area contributed by atoms with Crippen molar-refractivity contribution >= 4 is 5.69 Å². The third kappa shape index (κ3) is 7.16. The van der Waals surface area contributed by atoms with Crippen LogP contribution in [0.2, 0.25) is 0 Å². The number of nitro benzene ring substituents is 1. The molecule has 0 atom stereocenters. The first-order chi connectivity index (χ1) is 5.70. The van der Waals surface area contributed by atoms with Crippen LogP contribution in [0.3, 0.4) is 0 Å². The Morgan fingerprint density at radius 1 is 1.29 bits per heavy atom. The minimum Gasteiger partial charge on any atom is -0.358 e. The van der Waals surface area contributed by atoms with Crippen molar-refractivity contribution < 1.29 is 37.6 Å². The molecule has 77 valence electrons. The van der Waals surface area contributed by atoms with E-state index in [1.165, 1.54) is 6.07 Å². The van der Waals surface area contributed by atoms with Crippen LogP contribution in [0, 0.1) is 24.5 Å². The van der Waals surface area contributed by atoms with Gasteiger partial charge in [-0.1, -0.05) is 26.0 Å². The van der Waals surface area contributed by atoms with Crippen molar-refractivity contribution in [2.45, 2.75) is 20.8 Å². The molecule has 0 amide bonds. The molecule has 0 spiro atoms. The Labute approximate surface area is 111 Å². The molecule has 0 N–H and O–H groups in total. The Bertz CT molecular complexity index is 264. The molecule has 1 aromatic rings. The van der Waals surface area contributed by atoms with Gasteiger partial charge in [-0.15, -0.1) is 0 Å². The molecule has 0 aliphatic carbocycles. The number of hydrogen-bond donors (Lipinski definition) is 0. The summed E-state index contributed by atoms with van der Waals surface area (Å²) < 4.78 is 0. The summed E-state index contributed by atoms with van der Waals surface area (Å²) in [5.74, 6) is 0. The molecule has 0 saturated carbocycles. The number of nitrogens with zero attached hydrogens (tertiary/aromatic N) is 1. The third-order valence-electron chi connectivity index (χ3n) is 1.21. The summed E-state index contributed by atoms with van der Waals surface area (Å²) in [6.45, 7) is 5.83. The van der Waals surface area contributed by atoms with E-state index in [0.29, 0.717) is 0 Å². The zero-order valence-electron chi connectivity index (χ0n) is 9.15. The summed E-state index contributed by atoms with van der Waals surface area (Å²) in [6.07, 6.45) is 0. The molecule has 0 fully saturated rings. The molecule has 0 aliphatic heterocycles. The first-order valence-electron chi connectivity index (χ1n) is 3.91. The largest absolute Gasteiger partial charge is 0.358 e. The second-order valence-electron chi connectivity index (χ2n) is 2.10. The average molecular weight is 271 g/mol. The Balaban J connectivity index is -0.000000284. The number of aryl methyl sites for hydroxylation is 1. The minimum absolute atomic E-state index is 0. The zero-order valence-corrected chi connectivity index (χ0v) is 12.0. The number of rotatable bonds is 1. The zero-order chi connectivity index (χ0) is 9.56. The van der Waals surface area contributed by atoms with Crippen molar-refractivity contribution in [1.82, 2.24) is 0 Å². The summed E-state index contributed by atoms with van der Waals surface area (Å²) in [5.41, 5.74) is 1.06. The molecule has 0 heterocycles. The fraction of sp³-hybridized carbons (Fsp3) is 0.300. The molecule has 3 nitrogen and oxygen atoms in total. The van der Waals surface area contributed by atoms with Crippen LogP contribution in [-0.2, 0) is 32.7 Å². The molecule has 14 heavy (non-hydrogen) atoms. The van der Waals surface area contributed by atoms with Gasteiger partial charge in [-0.25, -0.2) is 0 Å². The fourth-order valence-electron chi connectivity index (χ4n) is 0.742. The third-order valence-corrected chi connectivity index (χ3v) is 1.21. The summed E-state index contributed by atoms with van der Waals surface area (Å²) in [7, 11) is 0. The first-order valence-corrected chi connectivity index (χ1v) is 3.91. The number of hydrogen-bond acceptors (Lipinski definition) is 2. The maximum atomic E-state index is 10.2. The van der Waals surface area contributed by atoms with Gasteiger partial charge in [0.15, 0.2) is 0 Å². The molecule has 1 rings (SSSR count). The Kier molecular flexibility index (Phi) is 14.9. The normalized spacial score (nSPS) is 7.07.